The Bertz CT molecular complexity index is 659. The number of benzene rings is 1. The van der Waals surface area contributed by atoms with Gasteiger partial charge in [-0.1, -0.05) is 6.07 Å². The smallest absolute Gasteiger partial charge is 0.409 e. The third-order valence-electron chi connectivity index (χ3n) is 4.66. The summed E-state index contributed by atoms with van der Waals surface area (Å²) in [6.45, 7) is 5.04. The van der Waals surface area contributed by atoms with Crippen LogP contribution in [-0.4, -0.2) is 62.5 Å². The Kier molecular flexibility index (Phi) is 6.62. The lowest BCUT2D eigenvalue weighted by Gasteiger charge is -2.31. The highest BCUT2D eigenvalue weighted by atomic mass is 16.6. The van der Waals surface area contributed by atoms with Gasteiger partial charge < -0.3 is 29.7 Å². The van der Waals surface area contributed by atoms with E-state index in [0.717, 1.165) is 29.9 Å². The van der Waals surface area contributed by atoms with E-state index in [4.69, 9.17) is 14.2 Å². The van der Waals surface area contributed by atoms with Crippen LogP contribution < -0.4 is 20.1 Å². The number of likely N-dealkylation sites (tertiary alicyclic amines) is 1. The van der Waals surface area contributed by atoms with E-state index in [1.165, 1.54) is 0 Å². The van der Waals surface area contributed by atoms with Crippen LogP contribution in [-0.2, 0) is 11.2 Å². The number of rotatable bonds is 5. The number of amides is 3. The number of ether oxygens (including phenoxy) is 3. The second-order valence-corrected chi connectivity index (χ2v) is 6.59. The number of nitrogens with one attached hydrogen (secondary N) is 2. The summed E-state index contributed by atoms with van der Waals surface area (Å²) in [4.78, 5) is 25.4. The van der Waals surface area contributed by atoms with Crippen LogP contribution in [0.4, 0.5) is 9.59 Å². The summed E-state index contributed by atoms with van der Waals surface area (Å²) >= 11 is 0. The van der Waals surface area contributed by atoms with Crippen molar-refractivity contribution >= 4 is 12.1 Å². The number of carbonyl (C=O) groups is 2. The van der Waals surface area contributed by atoms with Crippen molar-refractivity contribution in [2.24, 2.45) is 0 Å². The lowest BCUT2D eigenvalue weighted by atomic mass is 10.1. The fourth-order valence-electron chi connectivity index (χ4n) is 3.22. The fraction of sp³-hybridized carbons (Fsp3) is 0.579. The molecule has 0 aliphatic carbocycles. The van der Waals surface area contributed by atoms with E-state index in [2.05, 4.69) is 10.6 Å². The molecular weight excluding hydrogens is 350 g/mol. The van der Waals surface area contributed by atoms with Crippen LogP contribution in [0.5, 0.6) is 11.5 Å². The zero-order valence-corrected chi connectivity index (χ0v) is 15.7. The molecule has 2 aliphatic heterocycles. The molecule has 8 heteroatoms. The van der Waals surface area contributed by atoms with Crippen molar-refractivity contribution in [3.05, 3.63) is 23.8 Å². The van der Waals surface area contributed by atoms with E-state index in [9.17, 15) is 9.59 Å². The molecule has 2 N–H and O–H groups in total. The predicted molar refractivity (Wildman–Crippen MR) is 99.3 cm³/mol. The molecule has 0 unspecified atom stereocenters. The van der Waals surface area contributed by atoms with Crippen molar-refractivity contribution < 1.29 is 23.8 Å². The second kappa shape index (κ2) is 9.34. The summed E-state index contributed by atoms with van der Waals surface area (Å²) in [6, 6.07) is 5.74. The molecule has 1 fully saturated rings. The normalized spacial score (nSPS) is 16.6. The molecule has 3 rings (SSSR count). The first-order chi connectivity index (χ1) is 13.2. The molecule has 0 atom stereocenters. The molecule has 8 nitrogen and oxygen atoms in total. The average Bonchev–Trinajstić information content (AvgIpc) is 2.68. The molecule has 3 amide bonds. The number of piperidine rings is 1. The summed E-state index contributed by atoms with van der Waals surface area (Å²) < 4.78 is 16.1. The Morgan fingerprint density at radius 3 is 2.67 bits per heavy atom. The van der Waals surface area contributed by atoms with Gasteiger partial charge in [-0.2, -0.15) is 0 Å². The zero-order valence-electron chi connectivity index (χ0n) is 15.7. The predicted octanol–water partition coefficient (Wildman–Crippen LogP) is 1.92. The molecule has 2 aliphatic rings. The van der Waals surface area contributed by atoms with E-state index in [0.29, 0.717) is 45.9 Å². The van der Waals surface area contributed by atoms with Gasteiger partial charge in [0.05, 0.1) is 6.61 Å². The van der Waals surface area contributed by atoms with Crippen molar-refractivity contribution in [1.29, 1.82) is 0 Å². The second-order valence-electron chi connectivity index (χ2n) is 6.59. The Hall–Kier alpha value is -2.64. The van der Waals surface area contributed by atoms with Crippen molar-refractivity contribution in [1.82, 2.24) is 15.5 Å². The van der Waals surface area contributed by atoms with Crippen molar-refractivity contribution in [3.8, 4) is 11.5 Å². The minimum atomic E-state index is -0.278. The van der Waals surface area contributed by atoms with Crippen LogP contribution in [0.3, 0.4) is 0 Å². The van der Waals surface area contributed by atoms with E-state index in [1.54, 1.807) is 11.8 Å². The minimum absolute atomic E-state index is 0.0740. The Balaban J connectivity index is 1.35. The lowest BCUT2D eigenvalue weighted by molar-refractivity contribution is 0.0957. The van der Waals surface area contributed by atoms with E-state index in [-0.39, 0.29) is 18.2 Å². The maximum atomic E-state index is 12.1. The van der Waals surface area contributed by atoms with Gasteiger partial charge in [0.2, 0.25) is 0 Å². The molecule has 2 heterocycles. The highest BCUT2D eigenvalue weighted by molar-refractivity contribution is 5.74. The summed E-state index contributed by atoms with van der Waals surface area (Å²) in [5.41, 5.74) is 1.09. The van der Waals surface area contributed by atoms with Crippen LogP contribution in [0.1, 0.15) is 25.3 Å². The first-order valence-corrected chi connectivity index (χ1v) is 9.50. The molecule has 0 spiro atoms. The van der Waals surface area contributed by atoms with Gasteiger partial charge in [0, 0.05) is 25.7 Å². The molecule has 1 aromatic carbocycles. The van der Waals surface area contributed by atoms with Gasteiger partial charge in [0.1, 0.15) is 13.2 Å². The molecule has 0 aromatic heterocycles. The molecule has 0 saturated carbocycles. The van der Waals surface area contributed by atoms with E-state index >= 15 is 0 Å². The topological polar surface area (TPSA) is 89.1 Å². The molecular formula is C19H27N3O5. The van der Waals surface area contributed by atoms with Crippen molar-refractivity contribution in [3.63, 3.8) is 0 Å². The summed E-state index contributed by atoms with van der Waals surface area (Å²) in [6.07, 6.45) is 1.90. The highest BCUT2D eigenvalue weighted by Gasteiger charge is 2.24. The van der Waals surface area contributed by atoms with E-state index in [1.807, 2.05) is 18.2 Å². The molecule has 1 saturated heterocycles. The number of hydrogen-bond acceptors (Lipinski definition) is 5. The number of hydrogen-bond donors (Lipinski definition) is 2. The SMILES string of the molecule is CCOC(=O)N1CCC(NC(=O)NCCc2ccc3c(c2)OCCO3)CC1. The van der Waals surface area contributed by atoms with Gasteiger partial charge in [-0.25, -0.2) is 9.59 Å². The van der Waals surface area contributed by atoms with Gasteiger partial charge in [-0.05, 0) is 43.9 Å². The molecule has 27 heavy (non-hydrogen) atoms. The molecule has 148 valence electrons. The quantitative estimate of drug-likeness (QED) is 0.818. The Morgan fingerprint density at radius 2 is 1.93 bits per heavy atom. The van der Waals surface area contributed by atoms with Crippen LogP contribution in [0.25, 0.3) is 0 Å². The minimum Gasteiger partial charge on any atom is -0.486 e. The van der Waals surface area contributed by atoms with Gasteiger partial charge in [-0.3, -0.25) is 0 Å². The Morgan fingerprint density at radius 1 is 1.19 bits per heavy atom. The zero-order chi connectivity index (χ0) is 19.1. The summed E-state index contributed by atoms with van der Waals surface area (Å²) in [7, 11) is 0. The number of carbonyl (C=O) groups excluding carboxylic acids is 2. The van der Waals surface area contributed by atoms with Crippen molar-refractivity contribution in [2.45, 2.75) is 32.2 Å². The molecule has 1 aromatic rings. The van der Waals surface area contributed by atoms with E-state index < -0.39 is 0 Å². The number of fused-ring (bicyclic) bond motifs is 1. The molecule has 0 radical (unpaired) electrons. The third kappa shape index (κ3) is 5.42. The van der Waals surface area contributed by atoms with Crippen LogP contribution in [0, 0.1) is 0 Å². The molecule has 0 bridgehead atoms. The van der Waals surface area contributed by atoms with Gasteiger partial charge in [0.15, 0.2) is 11.5 Å². The first kappa shape index (κ1) is 19.1. The highest BCUT2D eigenvalue weighted by Crippen LogP contribution is 2.30. The fourth-order valence-corrected chi connectivity index (χ4v) is 3.22. The van der Waals surface area contributed by atoms with Gasteiger partial charge in [0.25, 0.3) is 0 Å². The monoisotopic (exact) mass is 377 g/mol. The first-order valence-electron chi connectivity index (χ1n) is 9.50. The largest absolute Gasteiger partial charge is 0.486 e. The number of nitrogens with zero attached hydrogens (tertiary/aromatic N) is 1. The number of urea groups is 1. The summed E-state index contributed by atoms with van der Waals surface area (Å²) in [5, 5.41) is 5.86. The average molecular weight is 377 g/mol. The standard InChI is InChI=1S/C19H27N3O5/c1-2-25-19(24)22-9-6-15(7-10-22)21-18(23)20-8-5-14-3-4-16-17(13-14)27-12-11-26-16/h3-4,13,15H,2,5-12H2,1H3,(H2,20,21,23). The van der Waals surface area contributed by atoms with Crippen LogP contribution in [0.15, 0.2) is 18.2 Å². The Labute approximate surface area is 159 Å². The van der Waals surface area contributed by atoms with Crippen molar-refractivity contribution in [2.75, 3.05) is 39.5 Å². The lowest BCUT2D eigenvalue weighted by Crippen LogP contribution is -2.49. The summed E-state index contributed by atoms with van der Waals surface area (Å²) in [5.74, 6) is 1.53. The van der Waals surface area contributed by atoms with Crippen LogP contribution in [0.2, 0.25) is 0 Å². The third-order valence-corrected chi connectivity index (χ3v) is 4.66. The maximum absolute atomic E-state index is 12.1. The van der Waals surface area contributed by atoms with Crippen LogP contribution >= 0.6 is 0 Å². The van der Waals surface area contributed by atoms with Gasteiger partial charge >= 0.3 is 12.1 Å². The van der Waals surface area contributed by atoms with Gasteiger partial charge in [-0.15, -0.1) is 0 Å². The maximum Gasteiger partial charge on any atom is 0.409 e.